The first kappa shape index (κ1) is 17.2. The molecule has 5 nitrogen and oxygen atoms in total. The summed E-state index contributed by atoms with van der Waals surface area (Å²) in [6.45, 7) is 5.07. The second kappa shape index (κ2) is 9.15. The number of aliphatic hydroxyl groups excluding tert-OH is 1. The molecule has 2 amide bonds. The lowest BCUT2D eigenvalue weighted by molar-refractivity contribution is 0.0274. The number of aliphatic hydroxyl groups is 1. The molecule has 0 aliphatic heterocycles. The molecule has 1 aromatic rings. The topological polar surface area (TPSA) is 70.6 Å². The number of urea groups is 1. The molecule has 1 atom stereocenters. The number of nitrogens with one attached hydrogen (secondary N) is 2. The van der Waals surface area contributed by atoms with E-state index in [1.807, 2.05) is 38.1 Å². The predicted molar refractivity (Wildman–Crippen MR) is 87.8 cm³/mol. The molecule has 0 radical (unpaired) electrons. The van der Waals surface area contributed by atoms with Crippen molar-refractivity contribution in [3.63, 3.8) is 0 Å². The van der Waals surface area contributed by atoms with Crippen LogP contribution in [0.4, 0.5) is 10.5 Å². The Labute approximate surface area is 133 Å². The van der Waals surface area contributed by atoms with Gasteiger partial charge in [-0.25, -0.2) is 4.79 Å². The highest BCUT2D eigenvalue weighted by Gasteiger charge is 2.08. The molecule has 3 N–H and O–H groups in total. The fourth-order valence-electron chi connectivity index (χ4n) is 1.44. The van der Waals surface area contributed by atoms with E-state index in [1.54, 1.807) is 0 Å². The Balaban J connectivity index is 2.24. The lowest BCUT2D eigenvalue weighted by atomic mass is 10.2. The summed E-state index contributed by atoms with van der Waals surface area (Å²) in [7, 11) is 0. The molecule has 0 aliphatic carbocycles. The van der Waals surface area contributed by atoms with Gasteiger partial charge in [0.15, 0.2) is 0 Å². The zero-order valence-electron chi connectivity index (χ0n) is 11.7. The second-order valence-electron chi connectivity index (χ2n) is 4.90. The van der Waals surface area contributed by atoms with Crippen LogP contribution in [0.5, 0.6) is 0 Å². The molecule has 0 spiro atoms. The number of rotatable bonds is 7. The standard InChI is InChI=1S/C14H21IN2O3/c1-10(2)8-20-9-11(18)7-16-14(19)17-13-6-4-3-5-12(13)15/h3-6,10-11,18H,7-9H2,1-2H3,(H2,16,17,19). The summed E-state index contributed by atoms with van der Waals surface area (Å²) in [5.41, 5.74) is 0.746. The zero-order chi connectivity index (χ0) is 15.0. The van der Waals surface area contributed by atoms with Crippen molar-refractivity contribution in [1.29, 1.82) is 0 Å². The van der Waals surface area contributed by atoms with Crippen molar-refractivity contribution in [2.24, 2.45) is 5.92 Å². The number of para-hydroxylation sites is 1. The van der Waals surface area contributed by atoms with Crippen molar-refractivity contribution in [3.05, 3.63) is 27.8 Å². The summed E-state index contributed by atoms with van der Waals surface area (Å²) in [6, 6.07) is 7.15. The molecular formula is C14H21IN2O3. The molecule has 0 fully saturated rings. The fraction of sp³-hybridized carbons (Fsp3) is 0.500. The van der Waals surface area contributed by atoms with Gasteiger partial charge in [0.1, 0.15) is 0 Å². The zero-order valence-corrected chi connectivity index (χ0v) is 13.9. The van der Waals surface area contributed by atoms with Gasteiger partial charge in [-0.2, -0.15) is 0 Å². The Kier molecular flexibility index (Phi) is 7.86. The Hall–Kier alpha value is -0.860. The minimum Gasteiger partial charge on any atom is -0.389 e. The van der Waals surface area contributed by atoms with Gasteiger partial charge < -0.3 is 20.5 Å². The first-order valence-electron chi connectivity index (χ1n) is 6.54. The van der Waals surface area contributed by atoms with E-state index in [1.165, 1.54) is 0 Å². The van der Waals surface area contributed by atoms with Crippen molar-refractivity contribution in [2.45, 2.75) is 20.0 Å². The highest BCUT2D eigenvalue weighted by molar-refractivity contribution is 14.1. The van der Waals surface area contributed by atoms with Crippen molar-refractivity contribution >= 4 is 34.3 Å². The summed E-state index contributed by atoms with van der Waals surface area (Å²) in [4.78, 5) is 11.7. The van der Waals surface area contributed by atoms with Gasteiger partial charge in [-0.05, 0) is 40.6 Å². The fourth-order valence-corrected chi connectivity index (χ4v) is 1.96. The van der Waals surface area contributed by atoms with Crippen LogP contribution in [0, 0.1) is 9.49 Å². The van der Waals surface area contributed by atoms with E-state index in [-0.39, 0.29) is 19.2 Å². The lowest BCUT2D eigenvalue weighted by Gasteiger charge is -2.14. The van der Waals surface area contributed by atoms with Crippen LogP contribution in [-0.4, -0.2) is 37.0 Å². The average Bonchev–Trinajstić information content (AvgIpc) is 2.39. The normalized spacial score (nSPS) is 12.2. The van der Waals surface area contributed by atoms with Crippen LogP contribution in [0.25, 0.3) is 0 Å². The van der Waals surface area contributed by atoms with Crippen molar-refractivity contribution < 1.29 is 14.6 Å². The van der Waals surface area contributed by atoms with Crippen LogP contribution >= 0.6 is 22.6 Å². The molecule has 20 heavy (non-hydrogen) atoms. The minimum atomic E-state index is -0.700. The Morgan fingerprint density at radius 3 is 2.70 bits per heavy atom. The molecule has 0 heterocycles. The van der Waals surface area contributed by atoms with Crippen molar-refractivity contribution in [3.8, 4) is 0 Å². The number of anilines is 1. The van der Waals surface area contributed by atoms with E-state index < -0.39 is 6.10 Å². The summed E-state index contributed by atoms with van der Waals surface area (Å²) < 4.78 is 6.26. The van der Waals surface area contributed by atoms with Crippen LogP contribution < -0.4 is 10.6 Å². The highest BCUT2D eigenvalue weighted by atomic mass is 127. The second-order valence-corrected chi connectivity index (χ2v) is 6.06. The van der Waals surface area contributed by atoms with E-state index in [0.717, 1.165) is 9.26 Å². The largest absolute Gasteiger partial charge is 0.389 e. The van der Waals surface area contributed by atoms with Gasteiger partial charge in [0.25, 0.3) is 0 Å². The van der Waals surface area contributed by atoms with Gasteiger partial charge in [0.2, 0.25) is 0 Å². The van der Waals surface area contributed by atoms with Crippen LogP contribution in [0.1, 0.15) is 13.8 Å². The molecule has 0 aliphatic rings. The molecule has 0 aromatic heterocycles. The van der Waals surface area contributed by atoms with Crippen molar-refractivity contribution in [2.75, 3.05) is 25.1 Å². The summed E-state index contributed by atoms with van der Waals surface area (Å²) in [5, 5.41) is 15.0. The number of hydrogen-bond acceptors (Lipinski definition) is 3. The van der Waals surface area contributed by atoms with Crippen LogP contribution in [0.3, 0.4) is 0 Å². The maximum atomic E-state index is 11.7. The van der Waals surface area contributed by atoms with Gasteiger partial charge in [-0.3, -0.25) is 0 Å². The van der Waals surface area contributed by atoms with Gasteiger partial charge in [0, 0.05) is 16.7 Å². The monoisotopic (exact) mass is 392 g/mol. The number of ether oxygens (including phenoxy) is 1. The summed E-state index contributed by atoms with van der Waals surface area (Å²) in [5.74, 6) is 0.429. The van der Waals surface area contributed by atoms with E-state index in [2.05, 4.69) is 33.2 Å². The summed E-state index contributed by atoms with van der Waals surface area (Å²) >= 11 is 2.15. The smallest absolute Gasteiger partial charge is 0.319 e. The van der Waals surface area contributed by atoms with Crippen molar-refractivity contribution in [1.82, 2.24) is 5.32 Å². The van der Waals surface area contributed by atoms with Gasteiger partial charge in [0.05, 0.1) is 18.4 Å². The Morgan fingerprint density at radius 1 is 1.35 bits per heavy atom. The minimum absolute atomic E-state index is 0.160. The predicted octanol–water partition coefficient (Wildman–Crippen LogP) is 2.45. The Morgan fingerprint density at radius 2 is 2.05 bits per heavy atom. The number of benzene rings is 1. The molecular weight excluding hydrogens is 371 g/mol. The molecule has 6 heteroatoms. The highest BCUT2D eigenvalue weighted by Crippen LogP contribution is 2.16. The molecule has 0 saturated heterocycles. The van der Waals surface area contributed by atoms with E-state index in [0.29, 0.717) is 12.5 Å². The molecule has 0 bridgehead atoms. The SMILES string of the molecule is CC(C)COCC(O)CNC(=O)Nc1ccccc1I. The molecule has 1 rings (SSSR count). The van der Waals surface area contributed by atoms with Crippen LogP contribution in [-0.2, 0) is 4.74 Å². The molecule has 0 saturated carbocycles. The Bertz CT molecular complexity index is 427. The van der Waals surface area contributed by atoms with E-state index in [9.17, 15) is 9.90 Å². The number of carbonyl (C=O) groups excluding carboxylic acids is 1. The van der Waals surface area contributed by atoms with Gasteiger partial charge >= 0.3 is 6.03 Å². The average molecular weight is 392 g/mol. The first-order valence-corrected chi connectivity index (χ1v) is 7.62. The van der Waals surface area contributed by atoms with Gasteiger partial charge in [-0.15, -0.1) is 0 Å². The van der Waals surface area contributed by atoms with E-state index >= 15 is 0 Å². The van der Waals surface area contributed by atoms with E-state index in [4.69, 9.17) is 4.74 Å². The van der Waals surface area contributed by atoms with Crippen LogP contribution in [0.2, 0.25) is 0 Å². The lowest BCUT2D eigenvalue weighted by Crippen LogP contribution is -2.37. The number of carbonyl (C=O) groups is 1. The number of amides is 2. The van der Waals surface area contributed by atoms with Gasteiger partial charge in [-0.1, -0.05) is 26.0 Å². The quantitative estimate of drug-likeness (QED) is 0.625. The molecule has 1 unspecified atom stereocenters. The molecule has 112 valence electrons. The third kappa shape index (κ3) is 7.06. The maximum Gasteiger partial charge on any atom is 0.319 e. The molecule has 1 aromatic carbocycles. The number of halogens is 1. The third-order valence-electron chi connectivity index (χ3n) is 2.38. The third-order valence-corrected chi connectivity index (χ3v) is 3.32. The maximum absolute atomic E-state index is 11.7. The van der Waals surface area contributed by atoms with Crippen LogP contribution in [0.15, 0.2) is 24.3 Å². The first-order chi connectivity index (χ1) is 9.49. The summed E-state index contributed by atoms with van der Waals surface area (Å²) in [6.07, 6.45) is -0.700. The number of hydrogen-bond donors (Lipinski definition) is 3.